The highest BCUT2D eigenvalue weighted by Crippen LogP contribution is 2.52. The summed E-state index contributed by atoms with van der Waals surface area (Å²) in [4.78, 5) is 4.57. The van der Waals surface area contributed by atoms with E-state index in [1.807, 2.05) is 0 Å². The largest absolute Gasteiger partial charge is 0.312 e. The van der Waals surface area contributed by atoms with Gasteiger partial charge in [0, 0.05) is 5.92 Å². The molecule has 13 heavy (non-hydrogen) atoms. The van der Waals surface area contributed by atoms with E-state index >= 15 is 0 Å². The lowest BCUT2D eigenvalue weighted by Gasteiger charge is -2.16. The molecule has 0 radical (unpaired) electrons. The maximum Gasteiger partial charge on any atom is 0.115 e. The van der Waals surface area contributed by atoms with Crippen LogP contribution in [-0.2, 0) is 0 Å². The Kier molecular flexibility index (Phi) is 2.41. The molecular formula is C10H21N3. The summed E-state index contributed by atoms with van der Waals surface area (Å²) in [6, 6.07) is 0. The average Bonchev–Trinajstić information content (AvgIpc) is 2.53. The predicted molar refractivity (Wildman–Crippen MR) is 56.4 cm³/mol. The van der Waals surface area contributed by atoms with Crippen molar-refractivity contribution in [1.82, 2.24) is 5.43 Å². The molecule has 1 aliphatic carbocycles. The lowest BCUT2D eigenvalue weighted by molar-refractivity contribution is 0.563. The van der Waals surface area contributed by atoms with Gasteiger partial charge in [-0.2, -0.15) is 0 Å². The van der Waals surface area contributed by atoms with Gasteiger partial charge in [-0.3, -0.25) is 4.99 Å². The van der Waals surface area contributed by atoms with Crippen molar-refractivity contribution >= 4 is 5.84 Å². The van der Waals surface area contributed by atoms with Gasteiger partial charge in [0.1, 0.15) is 5.84 Å². The van der Waals surface area contributed by atoms with E-state index in [0.717, 1.165) is 5.84 Å². The molecule has 0 aromatic carbocycles. The normalized spacial score (nSPS) is 27.2. The number of nitrogens with zero attached hydrogens (tertiary/aromatic N) is 1. The molecule has 0 amide bonds. The fraction of sp³-hybridized carbons (Fsp3) is 0.900. The smallest absolute Gasteiger partial charge is 0.115 e. The van der Waals surface area contributed by atoms with Crippen molar-refractivity contribution in [3.05, 3.63) is 0 Å². The molecule has 0 heterocycles. The van der Waals surface area contributed by atoms with Crippen LogP contribution in [0.15, 0.2) is 4.99 Å². The Morgan fingerprint density at radius 2 is 1.92 bits per heavy atom. The van der Waals surface area contributed by atoms with Crippen molar-refractivity contribution in [3.63, 3.8) is 0 Å². The van der Waals surface area contributed by atoms with E-state index in [2.05, 4.69) is 45.0 Å². The molecule has 1 unspecified atom stereocenters. The van der Waals surface area contributed by atoms with Crippen molar-refractivity contribution in [1.29, 1.82) is 0 Å². The van der Waals surface area contributed by atoms with Crippen molar-refractivity contribution in [3.8, 4) is 0 Å². The summed E-state index contributed by atoms with van der Waals surface area (Å²) >= 11 is 0. The van der Waals surface area contributed by atoms with E-state index in [0.29, 0.717) is 11.3 Å². The molecule has 0 spiro atoms. The number of rotatable bonds is 1. The van der Waals surface area contributed by atoms with Gasteiger partial charge in [-0.1, -0.05) is 13.8 Å². The molecule has 3 nitrogen and oxygen atoms in total. The Bertz CT molecular complexity index is 223. The summed E-state index contributed by atoms with van der Waals surface area (Å²) in [5, 5.41) is 0. The average molecular weight is 183 g/mol. The monoisotopic (exact) mass is 183 g/mol. The Morgan fingerprint density at radius 3 is 2.15 bits per heavy atom. The lowest BCUT2D eigenvalue weighted by atomic mass is 10.1. The molecule has 0 aromatic heterocycles. The van der Waals surface area contributed by atoms with Gasteiger partial charge >= 0.3 is 0 Å². The van der Waals surface area contributed by atoms with Crippen LogP contribution in [0.3, 0.4) is 0 Å². The molecule has 1 atom stereocenters. The molecule has 1 aliphatic rings. The maximum atomic E-state index is 5.46. The van der Waals surface area contributed by atoms with Crippen LogP contribution in [0.4, 0.5) is 0 Å². The van der Waals surface area contributed by atoms with Gasteiger partial charge in [0.15, 0.2) is 0 Å². The van der Waals surface area contributed by atoms with Crippen LogP contribution < -0.4 is 11.3 Å². The number of hydrogen-bond acceptors (Lipinski definition) is 2. The van der Waals surface area contributed by atoms with Crippen LogP contribution in [0.2, 0.25) is 0 Å². The zero-order chi connectivity index (χ0) is 10.3. The van der Waals surface area contributed by atoms with Gasteiger partial charge in [-0.05, 0) is 32.6 Å². The summed E-state index contributed by atoms with van der Waals surface area (Å²) in [6.07, 6.45) is 1.19. The fourth-order valence-electron chi connectivity index (χ4n) is 1.51. The van der Waals surface area contributed by atoms with Gasteiger partial charge in [0.25, 0.3) is 0 Å². The SMILES string of the molecule is CC(C)(C)N=C(NN)C1CC1(C)C. The first kappa shape index (κ1) is 10.5. The molecule has 1 saturated carbocycles. The highest BCUT2D eigenvalue weighted by molar-refractivity contribution is 5.87. The first-order valence-corrected chi connectivity index (χ1v) is 4.83. The summed E-state index contributed by atoms with van der Waals surface area (Å²) in [5.74, 6) is 6.94. The number of hydrazine groups is 1. The van der Waals surface area contributed by atoms with Crippen molar-refractivity contribution in [2.45, 2.75) is 46.6 Å². The molecular weight excluding hydrogens is 162 g/mol. The third kappa shape index (κ3) is 2.69. The molecule has 1 fully saturated rings. The second kappa shape index (κ2) is 2.98. The zero-order valence-corrected chi connectivity index (χ0v) is 9.31. The van der Waals surface area contributed by atoms with Crippen molar-refractivity contribution < 1.29 is 0 Å². The van der Waals surface area contributed by atoms with Gasteiger partial charge in [0.05, 0.1) is 5.54 Å². The fourth-order valence-corrected chi connectivity index (χ4v) is 1.51. The van der Waals surface area contributed by atoms with Gasteiger partial charge in [-0.25, -0.2) is 5.84 Å². The van der Waals surface area contributed by atoms with Crippen LogP contribution in [-0.4, -0.2) is 11.4 Å². The van der Waals surface area contributed by atoms with E-state index < -0.39 is 0 Å². The summed E-state index contributed by atoms with van der Waals surface area (Å²) in [6.45, 7) is 10.7. The van der Waals surface area contributed by atoms with Crippen LogP contribution in [0.1, 0.15) is 41.0 Å². The third-order valence-electron chi connectivity index (χ3n) is 2.45. The lowest BCUT2D eigenvalue weighted by Crippen LogP contribution is -2.35. The first-order valence-electron chi connectivity index (χ1n) is 4.83. The molecule has 1 rings (SSSR count). The van der Waals surface area contributed by atoms with Gasteiger partial charge < -0.3 is 5.43 Å². The standard InChI is InChI=1S/C10H21N3/c1-9(2,3)12-8(13-11)7-6-10(7,4)5/h7H,6,11H2,1-5H3,(H,12,13). The quantitative estimate of drug-likeness (QED) is 0.281. The zero-order valence-electron chi connectivity index (χ0n) is 9.31. The highest BCUT2D eigenvalue weighted by Gasteiger charge is 2.49. The molecule has 3 heteroatoms. The third-order valence-corrected chi connectivity index (χ3v) is 2.45. The van der Waals surface area contributed by atoms with Crippen LogP contribution >= 0.6 is 0 Å². The van der Waals surface area contributed by atoms with Gasteiger partial charge in [0.2, 0.25) is 0 Å². The van der Waals surface area contributed by atoms with Crippen LogP contribution in [0.5, 0.6) is 0 Å². The Hall–Kier alpha value is -0.570. The number of nitrogens with two attached hydrogens (primary N) is 1. The Labute approximate surface area is 80.8 Å². The minimum Gasteiger partial charge on any atom is -0.312 e. The topological polar surface area (TPSA) is 50.4 Å². The molecule has 3 N–H and O–H groups in total. The van der Waals surface area contributed by atoms with E-state index in [9.17, 15) is 0 Å². The molecule has 76 valence electrons. The van der Waals surface area contributed by atoms with Crippen LogP contribution in [0.25, 0.3) is 0 Å². The van der Waals surface area contributed by atoms with E-state index in [1.54, 1.807) is 0 Å². The Morgan fingerprint density at radius 1 is 1.46 bits per heavy atom. The minimum atomic E-state index is -0.0413. The summed E-state index contributed by atoms with van der Waals surface area (Å²) in [5.41, 5.74) is 3.07. The molecule has 0 bridgehead atoms. The second-order valence-electron chi connectivity index (χ2n) is 5.56. The van der Waals surface area contributed by atoms with E-state index in [1.165, 1.54) is 6.42 Å². The highest BCUT2D eigenvalue weighted by atomic mass is 15.3. The second-order valence-corrected chi connectivity index (χ2v) is 5.56. The predicted octanol–water partition coefficient (Wildman–Crippen LogP) is 1.69. The Balaban J connectivity index is 2.71. The van der Waals surface area contributed by atoms with E-state index in [-0.39, 0.29) is 5.54 Å². The van der Waals surface area contributed by atoms with Gasteiger partial charge in [-0.15, -0.1) is 0 Å². The van der Waals surface area contributed by atoms with Crippen molar-refractivity contribution in [2.24, 2.45) is 22.2 Å². The van der Waals surface area contributed by atoms with Crippen molar-refractivity contribution in [2.75, 3.05) is 0 Å². The summed E-state index contributed by atoms with van der Waals surface area (Å²) < 4.78 is 0. The number of amidine groups is 1. The summed E-state index contributed by atoms with van der Waals surface area (Å²) in [7, 11) is 0. The number of aliphatic imine (C=N–C) groups is 1. The first-order chi connectivity index (χ1) is 5.76. The molecule has 0 saturated heterocycles. The molecule has 0 aromatic rings. The molecule has 0 aliphatic heterocycles. The van der Waals surface area contributed by atoms with E-state index in [4.69, 9.17) is 5.84 Å². The van der Waals surface area contributed by atoms with Crippen LogP contribution in [0, 0.1) is 11.3 Å². The minimum absolute atomic E-state index is 0.0413. The number of hydrogen-bond donors (Lipinski definition) is 2. The number of nitrogens with one attached hydrogen (secondary N) is 1. The maximum absolute atomic E-state index is 5.46.